The molecule has 2 aliphatic rings. The van der Waals surface area contributed by atoms with Gasteiger partial charge in [-0.2, -0.15) is 0 Å². The summed E-state index contributed by atoms with van der Waals surface area (Å²) in [4.78, 5) is 25.6. The lowest BCUT2D eigenvalue weighted by Crippen LogP contribution is -2.22. The minimum atomic E-state index is -1.92. The normalized spacial score (nSPS) is 31.7. The van der Waals surface area contributed by atoms with Gasteiger partial charge in [-0.25, -0.2) is 0 Å². The van der Waals surface area contributed by atoms with Gasteiger partial charge in [0.05, 0.1) is 0 Å². The Hall–Kier alpha value is -1.68. The highest BCUT2D eigenvalue weighted by Crippen LogP contribution is 2.37. The van der Waals surface area contributed by atoms with Crippen molar-refractivity contribution in [3.05, 3.63) is 46.0 Å². The first kappa shape index (κ1) is 18.1. The van der Waals surface area contributed by atoms with Crippen molar-refractivity contribution in [3.63, 3.8) is 0 Å². The maximum atomic E-state index is 12.9. The summed E-state index contributed by atoms with van der Waals surface area (Å²) < 4.78 is 12.0. The van der Waals surface area contributed by atoms with E-state index in [0.29, 0.717) is 17.1 Å². The molecule has 1 aliphatic heterocycles. The van der Waals surface area contributed by atoms with E-state index in [0.717, 1.165) is 35.1 Å². The van der Waals surface area contributed by atoms with Gasteiger partial charge in [0.1, 0.15) is 5.92 Å². The first-order valence-electron chi connectivity index (χ1n) is 8.86. The highest BCUT2D eigenvalue weighted by Gasteiger charge is 2.40. The second kappa shape index (κ2) is 6.56. The van der Waals surface area contributed by atoms with E-state index in [1.165, 1.54) is 0 Å². The van der Waals surface area contributed by atoms with Crippen LogP contribution in [-0.4, -0.2) is 33.2 Å². The molecule has 1 unspecified atom stereocenters. The van der Waals surface area contributed by atoms with Gasteiger partial charge in [-0.05, 0) is 77.2 Å². The molecule has 1 aliphatic carbocycles. The Balaban J connectivity index is 1.88. The summed E-state index contributed by atoms with van der Waals surface area (Å²) in [5.41, 5.74) is 4.71. The molecule has 1 saturated carbocycles. The summed E-state index contributed by atoms with van der Waals surface area (Å²) in [5.74, 6) is 4.57. The van der Waals surface area contributed by atoms with Crippen LogP contribution in [0, 0.1) is 26.7 Å². The van der Waals surface area contributed by atoms with E-state index >= 15 is 0 Å². The van der Waals surface area contributed by atoms with Crippen LogP contribution >= 0.6 is 0 Å². The lowest BCUT2D eigenvalue weighted by Gasteiger charge is -2.22. The molecule has 1 aromatic carbocycles. The molecule has 0 radical (unpaired) electrons. The topological polar surface area (TPSA) is 51.2 Å². The van der Waals surface area contributed by atoms with E-state index < -0.39 is 15.4 Å². The summed E-state index contributed by atoms with van der Waals surface area (Å²) in [5, 5.41) is 0. The third-order valence-electron chi connectivity index (χ3n) is 5.45. The number of aryl methyl sites for hydroxylation is 3. The van der Waals surface area contributed by atoms with Crippen molar-refractivity contribution in [2.75, 3.05) is 11.5 Å². The maximum Gasteiger partial charge on any atom is 0.173 e. The number of benzene rings is 1. The molecule has 134 valence electrons. The number of carbonyl (C=O) groups excluding carboxylic acids is 2. The van der Waals surface area contributed by atoms with Gasteiger partial charge >= 0.3 is 0 Å². The van der Waals surface area contributed by atoms with Crippen LogP contribution in [0.2, 0.25) is 0 Å². The summed E-state index contributed by atoms with van der Waals surface area (Å²) in [7, 11) is -1.92. The minimum Gasteiger partial charge on any atom is -0.298 e. The summed E-state index contributed by atoms with van der Waals surface area (Å²) in [6.07, 6.45) is 3.79. The highest BCUT2D eigenvalue weighted by atomic mass is 32.2. The minimum absolute atomic E-state index is 0.00284. The molecule has 3 rings (SSSR count). The first-order chi connectivity index (χ1) is 11.7. The maximum absolute atomic E-state index is 12.9. The van der Waals surface area contributed by atoms with Gasteiger partial charge in [-0.15, -0.1) is 0 Å². The summed E-state index contributed by atoms with van der Waals surface area (Å²) in [6, 6.07) is 4.08. The molecule has 0 N–H and O–H groups in total. The second-order valence-electron chi connectivity index (χ2n) is 7.66. The number of ketones is 2. The Morgan fingerprint density at radius 1 is 1.08 bits per heavy atom. The van der Waals surface area contributed by atoms with Crippen molar-refractivity contribution in [1.82, 2.24) is 0 Å². The SMILES string of the molecule is C=S1(=O)CCC(/C=C2\CC(=O)C(c3c(C)cc(C)cc3C)C2=O)CC1. The number of carbonyl (C=O) groups is 2. The van der Waals surface area contributed by atoms with Crippen LogP contribution in [0.3, 0.4) is 0 Å². The standard InChI is InChI=1S/C21H26O3S/c1-13-9-14(2)19(15(3)10-13)20-18(22)12-17(21(20)23)11-16-5-7-25(4,24)8-6-16/h9-11,16,20H,4-8,12H2,1-3H3/b17-11+. The van der Waals surface area contributed by atoms with Crippen LogP contribution in [0.5, 0.6) is 0 Å². The monoisotopic (exact) mass is 358 g/mol. The lowest BCUT2D eigenvalue weighted by molar-refractivity contribution is -0.123. The predicted octanol–water partition coefficient (Wildman–Crippen LogP) is 3.29. The first-order valence-corrected chi connectivity index (χ1v) is 10.9. The molecule has 0 amide bonds. The number of Topliss-reactive ketones (excluding diaryl/α,β-unsaturated/α-hetero) is 2. The van der Waals surface area contributed by atoms with Crippen LogP contribution in [-0.2, 0) is 19.1 Å². The average molecular weight is 359 g/mol. The van der Waals surface area contributed by atoms with Gasteiger partial charge in [0, 0.05) is 17.9 Å². The van der Waals surface area contributed by atoms with E-state index in [1.54, 1.807) is 0 Å². The van der Waals surface area contributed by atoms with Gasteiger partial charge in [0.15, 0.2) is 11.6 Å². The largest absolute Gasteiger partial charge is 0.298 e. The van der Waals surface area contributed by atoms with Gasteiger partial charge in [0.25, 0.3) is 0 Å². The fourth-order valence-corrected chi connectivity index (χ4v) is 5.89. The summed E-state index contributed by atoms with van der Waals surface area (Å²) in [6.45, 7) is 5.98. The zero-order valence-corrected chi connectivity index (χ0v) is 16.1. The van der Waals surface area contributed by atoms with Crippen LogP contribution in [0.15, 0.2) is 23.8 Å². The zero-order chi connectivity index (χ0) is 18.4. The fraction of sp³-hybridized carbons (Fsp3) is 0.476. The number of allylic oxidation sites excluding steroid dienone is 2. The van der Waals surface area contributed by atoms with Crippen molar-refractivity contribution in [2.24, 2.45) is 5.92 Å². The Kier molecular flexibility index (Phi) is 4.76. The van der Waals surface area contributed by atoms with Gasteiger partial charge in [0.2, 0.25) is 0 Å². The molecule has 0 bridgehead atoms. The van der Waals surface area contributed by atoms with Gasteiger partial charge in [-0.1, -0.05) is 23.8 Å². The van der Waals surface area contributed by atoms with Crippen LogP contribution < -0.4 is 0 Å². The van der Waals surface area contributed by atoms with Crippen molar-refractivity contribution >= 4 is 27.0 Å². The molecule has 4 heteroatoms. The van der Waals surface area contributed by atoms with Crippen molar-refractivity contribution in [1.29, 1.82) is 0 Å². The molecule has 0 aromatic heterocycles. The quantitative estimate of drug-likeness (QED) is 0.463. The Morgan fingerprint density at radius 3 is 2.20 bits per heavy atom. The molecule has 1 heterocycles. The molecular weight excluding hydrogens is 332 g/mol. The molecule has 25 heavy (non-hydrogen) atoms. The summed E-state index contributed by atoms with van der Waals surface area (Å²) >= 11 is 0. The smallest absolute Gasteiger partial charge is 0.173 e. The van der Waals surface area contributed by atoms with Crippen LogP contribution in [0.4, 0.5) is 0 Å². The number of rotatable bonds is 2. The number of hydrogen-bond donors (Lipinski definition) is 0. The third-order valence-corrected chi connectivity index (χ3v) is 7.41. The molecular formula is C21H26O3S. The molecule has 1 aromatic rings. The molecule has 0 spiro atoms. The Bertz CT molecular complexity index is 837. The van der Waals surface area contributed by atoms with Crippen LogP contribution in [0.1, 0.15) is 47.4 Å². The number of hydrogen-bond acceptors (Lipinski definition) is 3. The van der Waals surface area contributed by atoms with Crippen LogP contribution in [0.25, 0.3) is 0 Å². The van der Waals surface area contributed by atoms with E-state index in [9.17, 15) is 13.8 Å². The second-order valence-corrected chi connectivity index (χ2v) is 10.4. The van der Waals surface area contributed by atoms with E-state index in [4.69, 9.17) is 0 Å². The van der Waals surface area contributed by atoms with E-state index in [-0.39, 0.29) is 23.9 Å². The van der Waals surface area contributed by atoms with Gasteiger partial charge < -0.3 is 0 Å². The van der Waals surface area contributed by atoms with Crippen molar-refractivity contribution < 1.29 is 13.8 Å². The van der Waals surface area contributed by atoms with E-state index in [1.807, 2.05) is 39.0 Å². The van der Waals surface area contributed by atoms with Crippen molar-refractivity contribution in [2.45, 2.75) is 46.0 Å². The third kappa shape index (κ3) is 3.64. The molecule has 3 nitrogen and oxygen atoms in total. The predicted molar refractivity (Wildman–Crippen MR) is 104 cm³/mol. The van der Waals surface area contributed by atoms with Crippen molar-refractivity contribution in [3.8, 4) is 0 Å². The molecule has 1 atom stereocenters. The van der Waals surface area contributed by atoms with Gasteiger partial charge in [-0.3, -0.25) is 13.8 Å². The Morgan fingerprint density at radius 2 is 1.64 bits per heavy atom. The van der Waals surface area contributed by atoms with E-state index in [2.05, 4.69) is 5.87 Å². The highest BCUT2D eigenvalue weighted by molar-refractivity contribution is 8.00. The molecule has 1 saturated heterocycles. The average Bonchev–Trinajstić information content (AvgIpc) is 2.76. The lowest BCUT2D eigenvalue weighted by atomic mass is 9.87. The Labute approximate surface area is 150 Å². The molecule has 2 fully saturated rings. The fourth-order valence-electron chi connectivity index (χ4n) is 4.22. The zero-order valence-electron chi connectivity index (χ0n) is 15.3.